The molecule has 1 N–H and O–H groups in total. The van der Waals surface area contributed by atoms with E-state index in [1.165, 1.54) is 24.8 Å². The summed E-state index contributed by atoms with van der Waals surface area (Å²) in [6.07, 6.45) is -0.550. The topological polar surface area (TPSA) is 38.7 Å². The van der Waals surface area contributed by atoms with Crippen molar-refractivity contribution in [1.82, 2.24) is 0 Å². The molecule has 0 fully saturated rings. The summed E-state index contributed by atoms with van der Waals surface area (Å²) < 4.78 is 24.4. The second-order valence-electron chi connectivity index (χ2n) is 5.08. The van der Waals surface area contributed by atoms with E-state index in [0.717, 1.165) is 12.0 Å². The van der Waals surface area contributed by atoms with Crippen LogP contribution in [-0.2, 0) is 11.2 Å². The van der Waals surface area contributed by atoms with E-state index in [0.29, 0.717) is 12.2 Å². The molecule has 0 saturated heterocycles. The third-order valence-electron chi connectivity index (χ3n) is 3.83. The van der Waals surface area contributed by atoms with Crippen LogP contribution in [0.5, 0.6) is 5.75 Å². The SMILES string of the molecule is COc1ccc(C(O)C2OCCc3ccccc32)cc1F. The fourth-order valence-electron chi connectivity index (χ4n) is 2.73. The minimum absolute atomic E-state index is 0.163. The van der Waals surface area contributed by atoms with E-state index in [9.17, 15) is 9.50 Å². The van der Waals surface area contributed by atoms with E-state index >= 15 is 0 Å². The Labute approximate surface area is 122 Å². The molecule has 2 aromatic rings. The molecule has 0 spiro atoms. The summed E-state index contributed by atoms with van der Waals surface area (Å²) in [7, 11) is 1.41. The van der Waals surface area contributed by atoms with Crippen LogP contribution in [-0.4, -0.2) is 18.8 Å². The van der Waals surface area contributed by atoms with Gasteiger partial charge in [0.05, 0.1) is 13.7 Å². The first kappa shape index (κ1) is 14.0. The van der Waals surface area contributed by atoms with Gasteiger partial charge in [-0.15, -0.1) is 0 Å². The lowest BCUT2D eigenvalue weighted by Crippen LogP contribution is -2.22. The molecule has 3 nitrogen and oxygen atoms in total. The van der Waals surface area contributed by atoms with Crippen molar-refractivity contribution in [2.45, 2.75) is 18.6 Å². The molecule has 0 amide bonds. The van der Waals surface area contributed by atoms with Gasteiger partial charge in [0.2, 0.25) is 0 Å². The van der Waals surface area contributed by atoms with Crippen molar-refractivity contribution in [3.8, 4) is 5.75 Å². The van der Waals surface area contributed by atoms with Crippen LogP contribution in [0.1, 0.15) is 28.9 Å². The normalized spacial score (nSPS) is 18.9. The number of hydrogen-bond donors (Lipinski definition) is 1. The molecule has 2 unspecified atom stereocenters. The molecular weight excluding hydrogens is 271 g/mol. The Hall–Kier alpha value is -1.91. The maximum absolute atomic E-state index is 13.8. The largest absolute Gasteiger partial charge is 0.494 e. The van der Waals surface area contributed by atoms with E-state index in [2.05, 4.69) is 0 Å². The van der Waals surface area contributed by atoms with Crippen molar-refractivity contribution in [2.24, 2.45) is 0 Å². The zero-order valence-electron chi connectivity index (χ0n) is 11.8. The van der Waals surface area contributed by atoms with E-state index in [1.807, 2.05) is 24.3 Å². The lowest BCUT2D eigenvalue weighted by Gasteiger charge is -2.30. The van der Waals surface area contributed by atoms with Crippen molar-refractivity contribution in [2.75, 3.05) is 13.7 Å². The molecule has 0 bridgehead atoms. The molecule has 21 heavy (non-hydrogen) atoms. The quantitative estimate of drug-likeness (QED) is 0.942. The van der Waals surface area contributed by atoms with Crippen LogP contribution >= 0.6 is 0 Å². The van der Waals surface area contributed by atoms with Gasteiger partial charge in [0.25, 0.3) is 0 Å². The molecule has 0 radical (unpaired) electrons. The predicted octanol–water partition coefficient (Wildman–Crippen LogP) is 3.18. The van der Waals surface area contributed by atoms with Crippen LogP contribution in [0.2, 0.25) is 0 Å². The molecule has 0 aromatic heterocycles. The minimum Gasteiger partial charge on any atom is -0.494 e. The Morgan fingerprint density at radius 1 is 1.29 bits per heavy atom. The first-order valence-corrected chi connectivity index (χ1v) is 6.91. The summed E-state index contributed by atoms with van der Waals surface area (Å²) in [5.74, 6) is -0.325. The highest BCUT2D eigenvalue weighted by molar-refractivity contribution is 5.35. The number of fused-ring (bicyclic) bond motifs is 1. The summed E-state index contributed by atoms with van der Waals surface area (Å²) in [6.45, 7) is 0.553. The van der Waals surface area contributed by atoms with E-state index in [4.69, 9.17) is 9.47 Å². The second-order valence-corrected chi connectivity index (χ2v) is 5.08. The summed E-state index contributed by atoms with van der Waals surface area (Å²) in [6, 6.07) is 12.3. The number of methoxy groups -OCH3 is 1. The molecule has 2 aromatic carbocycles. The van der Waals surface area contributed by atoms with Crippen LogP contribution < -0.4 is 4.74 Å². The van der Waals surface area contributed by atoms with Gasteiger partial charge >= 0.3 is 0 Å². The van der Waals surface area contributed by atoms with E-state index in [1.54, 1.807) is 6.07 Å². The van der Waals surface area contributed by atoms with Gasteiger partial charge in [0.15, 0.2) is 11.6 Å². The first-order valence-electron chi connectivity index (χ1n) is 6.91. The Morgan fingerprint density at radius 3 is 2.86 bits per heavy atom. The van der Waals surface area contributed by atoms with Crippen LogP contribution in [0.15, 0.2) is 42.5 Å². The molecule has 2 atom stereocenters. The number of aliphatic hydroxyl groups is 1. The zero-order chi connectivity index (χ0) is 14.8. The van der Waals surface area contributed by atoms with Crippen molar-refractivity contribution in [3.05, 3.63) is 65.0 Å². The number of ether oxygens (including phenoxy) is 2. The highest BCUT2D eigenvalue weighted by Gasteiger charge is 2.28. The monoisotopic (exact) mass is 288 g/mol. The molecular formula is C17H17FO3. The van der Waals surface area contributed by atoms with Crippen LogP contribution in [0.4, 0.5) is 4.39 Å². The highest BCUT2D eigenvalue weighted by Crippen LogP contribution is 2.37. The number of rotatable bonds is 3. The van der Waals surface area contributed by atoms with Crippen LogP contribution in [0.25, 0.3) is 0 Å². The van der Waals surface area contributed by atoms with Crippen molar-refractivity contribution in [1.29, 1.82) is 0 Å². The minimum atomic E-state index is -0.910. The van der Waals surface area contributed by atoms with Gasteiger partial charge in [0, 0.05) is 0 Å². The Balaban J connectivity index is 1.92. The average molecular weight is 288 g/mol. The van der Waals surface area contributed by atoms with E-state index < -0.39 is 18.0 Å². The maximum Gasteiger partial charge on any atom is 0.165 e. The van der Waals surface area contributed by atoms with Gasteiger partial charge in [0.1, 0.15) is 12.2 Å². The van der Waals surface area contributed by atoms with Crippen molar-refractivity contribution in [3.63, 3.8) is 0 Å². The standard InChI is InChI=1S/C17H17FO3/c1-20-15-7-6-12(10-14(15)18)16(19)17-13-5-3-2-4-11(13)8-9-21-17/h2-7,10,16-17,19H,8-9H2,1H3. The zero-order valence-corrected chi connectivity index (χ0v) is 11.8. The fourth-order valence-corrected chi connectivity index (χ4v) is 2.73. The molecule has 4 heteroatoms. The van der Waals surface area contributed by atoms with Crippen molar-refractivity contribution < 1.29 is 19.0 Å². The third-order valence-corrected chi connectivity index (χ3v) is 3.83. The Bertz CT molecular complexity index is 642. The maximum atomic E-state index is 13.8. The molecule has 110 valence electrons. The summed E-state index contributed by atoms with van der Waals surface area (Å²) >= 11 is 0. The second kappa shape index (κ2) is 5.84. The highest BCUT2D eigenvalue weighted by atomic mass is 19.1. The lowest BCUT2D eigenvalue weighted by molar-refractivity contribution is -0.0484. The Kier molecular flexibility index (Phi) is 3.90. The average Bonchev–Trinajstić information content (AvgIpc) is 2.53. The first-order chi connectivity index (χ1) is 10.2. The van der Waals surface area contributed by atoms with Gasteiger partial charge in [-0.1, -0.05) is 30.3 Å². The number of aliphatic hydroxyl groups excluding tert-OH is 1. The number of benzene rings is 2. The third kappa shape index (κ3) is 2.64. The fraction of sp³-hybridized carbons (Fsp3) is 0.294. The van der Waals surface area contributed by atoms with Gasteiger partial charge in [-0.25, -0.2) is 4.39 Å². The molecule has 1 aliphatic heterocycles. The summed E-state index contributed by atoms with van der Waals surface area (Å²) in [5.41, 5.74) is 2.62. The molecule has 1 heterocycles. The van der Waals surface area contributed by atoms with E-state index in [-0.39, 0.29) is 5.75 Å². The summed E-state index contributed by atoms with van der Waals surface area (Å²) in [5, 5.41) is 10.5. The lowest BCUT2D eigenvalue weighted by atomic mass is 9.91. The molecule has 0 saturated carbocycles. The van der Waals surface area contributed by atoms with Gasteiger partial charge < -0.3 is 14.6 Å². The van der Waals surface area contributed by atoms with Gasteiger partial charge in [-0.3, -0.25) is 0 Å². The molecule has 3 rings (SSSR count). The van der Waals surface area contributed by atoms with Crippen LogP contribution in [0, 0.1) is 5.82 Å². The molecule has 1 aliphatic rings. The van der Waals surface area contributed by atoms with Gasteiger partial charge in [-0.2, -0.15) is 0 Å². The van der Waals surface area contributed by atoms with Crippen LogP contribution in [0.3, 0.4) is 0 Å². The Morgan fingerprint density at radius 2 is 2.10 bits per heavy atom. The van der Waals surface area contributed by atoms with Crippen molar-refractivity contribution >= 4 is 0 Å². The summed E-state index contributed by atoms with van der Waals surface area (Å²) in [4.78, 5) is 0. The smallest absolute Gasteiger partial charge is 0.165 e. The predicted molar refractivity (Wildman–Crippen MR) is 76.8 cm³/mol. The number of halogens is 1. The van der Waals surface area contributed by atoms with Gasteiger partial charge in [-0.05, 0) is 35.2 Å². The molecule has 0 aliphatic carbocycles. The number of hydrogen-bond acceptors (Lipinski definition) is 3.